The highest BCUT2D eigenvalue weighted by molar-refractivity contribution is 5.98. The van der Waals surface area contributed by atoms with Gasteiger partial charge in [0.25, 0.3) is 0 Å². The highest BCUT2D eigenvalue weighted by atomic mass is 15.1. The summed E-state index contributed by atoms with van der Waals surface area (Å²) >= 11 is 0. The molecule has 4 saturated carbocycles. The van der Waals surface area contributed by atoms with Crippen molar-refractivity contribution in [2.75, 3.05) is 4.90 Å². The number of hydrogen-bond donors (Lipinski definition) is 0. The third kappa shape index (κ3) is 6.50. The molecule has 0 saturated heterocycles. The Balaban J connectivity index is 0.935. The van der Waals surface area contributed by atoms with Gasteiger partial charge < -0.3 is 4.90 Å². The van der Waals surface area contributed by atoms with E-state index < -0.39 is 0 Å². The van der Waals surface area contributed by atoms with Gasteiger partial charge in [-0.3, -0.25) is 0 Å². The minimum absolute atomic E-state index is 0.139. The van der Waals surface area contributed by atoms with Gasteiger partial charge in [-0.2, -0.15) is 0 Å². The second-order valence-electron chi connectivity index (χ2n) is 20.8. The molecular formula is C65H55N. The van der Waals surface area contributed by atoms with Crippen molar-refractivity contribution in [1.82, 2.24) is 0 Å². The average Bonchev–Trinajstić information content (AvgIpc) is 3.59. The molecule has 1 nitrogen and oxygen atoms in total. The van der Waals surface area contributed by atoms with Crippen LogP contribution in [0, 0.1) is 17.8 Å². The minimum atomic E-state index is -0.139. The first-order valence-electron chi connectivity index (χ1n) is 24.4. The van der Waals surface area contributed by atoms with Gasteiger partial charge in [0.2, 0.25) is 0 Å². The topological polar surface area (TPSA) is 3.24 Å². The van der Waals surface area contributed by atoms with Crippen LogP contribution < -0.4 is 4.90 Å². The summed E-state index contributed by atoms with van der Waals surface area (Å²) in [7, 11) is 0. The normalized spacial score (nSPS) is 20.8. The zero-order chi connectivity index (χ0) is 44.0. The lowest BCUT2D eigenvalue weighted by atomic mass is 9.48. The molecule has 0 N–H and O–H groups in total. The number of benzene rings is 9. The van der Waals surface area contributed by atoms with Crippen LogP contribution in [0.2, 0.25) is 0 Å². The maximum Gasteiger partial charge on any atom is 0.0540 e. The van der Waals surface area contributed by atoms with Gasteiger partial charge >= 0.3 is 0 Å². The van der Waals surface area contributed by atoms with E-state index in [-0.39, 0.29) is 5.41 Å². The van der Waals surface area contributed by atoms with Gasteiger partial charge in [0.15, 0.2) is 0 Å². The van der Waals surface area contributed by atoms with Gasteiger partial charge in [-0.05, 0) is 170 Å². The van der Waals surface area contributed by atoms with Crippen molar-refractivity contribution < 1.29 is 0 Å². The van der Waals surface area contributed by atoms with Crippen molar-refractivity contribution in [2.45, 2.75) is 63.2 Å². The molecule has 4 fully saturated rings. The van der Waals surface area contributed by atoms with E-state index in [0.717, 1.165) is 34.8 Å². The van der Waals surface area contributed by atoms with E-state index in [1.807, 2.05) is 0 Å². The molecule has 66 heavy (non-hydrogen) atoms. The molecule has 0 unspecified atom stereocenters. The van der Waals surface area contributed by atoms with Crippen molar-refractivity contribution in [2.24, 2.45) is 17.8 Å². The van der Waals surface area contributed by atoms with Gasteiger partial charge in [-0.15, -0.1) is 0 Å². The minimum Gasteiger partial charge on any atom is -0.309 e. The first-order valence-corrected chi connectivity index (χ1v) is 24.4. The molecule has 0 heterocycles. The fourth-order valence-electron chi connectivity index (χ4n) is 13.6. The Morgan fingerprint density at radius 3 is 1.64 bits per heavy atom. The maximum atomic E-state index is 2.52. The van der Waals surface area contributed by atoms with E-state index in [4.69, 9.17) is 0 Å². The molecule has 0 radical (unpaired) electrons. The van der Waals surface area contributed by atoms with E-state index in [0.29, 0.717) is 5.41 Å². The second-order valence-corrected chi connectivity index (χ2v) is 20.8. The molecule has 0 aromatic heterocycles. The molecule has 5 aliphatic rings. The average molecular weight is 850 g/mol. The standard InChI is InChI=1S/C65H55N/c1-64(2)60-18-10-8-17-57(60)58-32-31-55(39-61(58)64)66(62-19-11-9-16-56(62)50-13-4-3-5-14-50)63-33-28-52(38-59(63)53-25-24-46-12-6-7-15-51(46)37-53)49-22-20-47(21-23-49)48-26-29-54(30-27-48)65-40-43-34-44(41-65)36-45(35-43)42-65/h3-33,37-39,43-45H,34-36,40-42H2,1-2H3. The van der Waals surface area contributed by atoms with Crippen LogP contribution >= 0.6 is 0 Å². The van der Waals surface area contributed by atoms with Gasteiger partial charge in [0.1, 0.15) is 0 Å². The lowest BCUT2D eigenvalue weighted by Gasteiger charge is -2.57. The molecule has 0 amide bonds. The summed E-state index contributed by atoms with van der Waals surface area (Å²) in [6.45, 7) is 4.76. The summed E-state index contributed by atoms with van der Waals surface area (Å²) < 4.78 is 0. The fraction of sp³-hybridized carbons (Fsp3) is 0.200. The van der Waals surface area contributed by atoms with E-state index in [9.17, 15) is 0 Å². The Kier molecular flexibility index (Phi) is 9.14. The van der Waals surface area contributed by atoms with Gasteiger partial charge in [0.05, 0.1) is 11.4 Å². The molecule has 9 aromatic rings. The van der Waals surface area contributed by atoms with Crippen LogP contribution in [0.1, 0.15) is 69.1 Å². The highest BCUT2D eigenvalue weighted by Gasteiger charge is 2.51. The third-order valence-electron chi connectivity index (χ3n) is 16.4. The quantitative estimate of drug-likeness (QED) is 0.147. The van der Waals surface area contributed by atoms with E-state index in [2.05, 4.69) is 225 Å². The highest BCUT2D eigenvalue weighted by Crippen LogP contribution is 2.61. The first kappa shape index (κ1) is 39.4. The first-order chi connectivity index (χ1) is 32.4. The zero-order valence-electron chi connectivity index (χ0n) is 38.1. The van der Waals surface area contributed by atoms with Crippen LogP contribution in [0.3, 0.4) is 0 Å². The van der Waals surface area contributed by atoms with Gasteiger partial charge in [0, 0.05) is 22.2 Å². The fourth-order valence-corrected chi connectivity index (χ4v) is 13.6. The summed E-state index contributed by atoms with van der Waals surface area (Å²) in [5.41, 5.74) is 20.5. The summed E-state index contributed by atoms with van der Waals surface area (Å²) in [4.78, 5) is 2.52. The van der Waals surface area contributed by atoms with E-state index in [1.54, 1.807) is 5.56 Å². The number of hydrogen-bond acceptors (Lipinski definition) is 1. The van der Waals surface area contributed by atoms with Crippen molar-refractivity contribution in [3.05, 3.63) is 223 Å². The molecule has 320 valence electrons. The molecule has 9 aromatic carbocycles. The molecule has 5 aliphatic carbocycles. The van der Waals surface area contributed by atoms with Crippen molar-refractivity contribution in [3.63, 3.8) is 0 Å². The molecular weight excluding hydrogens is 795 g/mol. The Labute approximate surface area is 390 Å². The Morgan fingerprint density at radius 2 is 0.909 bits per heavy atom. The number of nitrogens with zero attached hydrogens (tertiary/aromatic N) is 1. The molecule has 0 atom stereocenters. The zero-order valence-corrected chi connectivity index (χ0v) is 38.1. The summed E-state index contributed by atoms with van der Waals surface area (Å²) in [5.74, 6) is 2.87. The van der Waals surface area contributed by atoms with Crippen LogP contribution in [0.4, 0.5) is 17.1 Å². The largest absolute Gasteiger partial charge is 0.309 e. The Morgan fingerprint density at radius 1 is 0.364 bits per heavy atom. The molecule has 14 rings (SSSR count). The lowest BCUT2D eigenvalue weighted by Crippen LogP contribution is -2.48. The van der Waals surface area contributed by atoms with Crippen molar-refractivity contribution in [1.29, 1.82) is 0 Å². The van der Waals surface area contributed by atoms with Crippen LogP contribution in [0.15, 0.2) is 206 Å². The number of rotatable bonds is 8. The summed E-state index contributed by atoms with van der Waals surface area (Å²) in [6, 6.07) is 77.7. The third-order valence-corrected chi connectivity index (χ3v) is 16.4. The van der Waals surface area contributed by atoms with Crippen LogP contribution in [0.5, 0.6) is 0 Å². The monoisotopic (exact) mass is 849 g/mol. The van der Waals surface area contributed by atoms with Crippen LogP contribution in [0.25, 0.3) is 66.4 Å². The second kappa shape index (κ2) is 15.3. The molecule has 4 bridgehead atoms. The van der Waals surface area contributed by atoms with Crippen LogP contribution in [-0.2, 0) is 10.8 Å². The van der Waals surface area contributed by atoms with Gasteiger partial charge in [-0.1, -0.05) is 184 Å². The summed E-state index contributed by atoms with van der Waals surface area (Å²) in [5, 5.41) is 2.48. The molecule has 0 aliphatic heterocycles. The predicted molar refractivity (Wildman–Crippen MR) is 278 cm³/mol. The van der Waals surface area contributed by atoms with Crippen molar-refractivity contribution >= 4 is 27.8 Å². The number of fused-ring (bicyclic) bond motifs is 4. The predicted octanol–water partition coefficient (Wildman–Crippen LogP) is 17.8. The number of anilines is 3. The number of para-hydroxylation sites is 1. The van der Waals surface area contributed by atoms with Crippen LogP contribution in [-0.4, -0.2) is 0 Å². The van der Waals surface area contributed by atoms with E-state index >= 15 is 0 Å². The Bertz CT molecular complexity index is 3260. The maximum absolute atomic E-state index is 2.52. The molecule has 1 heteroatoms. The SMILES string of the molecule is CC1(C)c2ccccc2-c2ccc(N(c3ccccc3-c3ccccc3)c3ccc(-c4ccc(-c5ccc(C67CC8CC(CC(C8)C6)C7)cc5)cc4)cc3-c3ccc4ccccc4c3)cc21. The van der Waals surface area contributed by atoms with Crippen molar-refractivity contribution in [3.8, 4) is 55.6 Å². The van der Waals surface area contributed by atoms with E-state index in [1.165, 1.54) is 116 Å². The summed E-state index contributed by atoms with van der Waals surface area (Å²) in [6.07, 6.45) is 8.68. The van der Waals surface area contributed by atoms with Gasteiger partial charge in [-0.25, -0.2) is 0 Å². The lowest BCUT2D eigenvalue weighted by molar-refractivity contribution is -0.00518. The Hall–Kier alpha value is -6.96. The smallest absolute Gasteiger partial charge is 0.0540 e. The molecule has 0 spiro atoms.